The molecular formula is C15H15N3O3S. The van der Waals surface area contributed by atoms with E-state index in [1.165, 1.54) is 15.9 Å². The minimum Gasteiger partial charge on any atom is -0.464 e. The molecule has 2 N–H and O–H groups in total. The quantitative estimate of drug-likeness (QED) is 0.800. The molecule has 3 aromatic rings. The predicted molar refractivity (Wildman–Crippen MR) is 84.8 cm³/mol. The number of carbonyl (C=O) groups excluding carboxylic acids is 1. The first-order valence-corrected chi connectivity index (χ1v) is 7.76. The number of nitrogens with two attached hydrogens (primary N) is 1. The average Bonchev–Trinajstić information content (AvgIpc) is 3.11. The van der Waals surface area contributed by atoms with Gasteiger partial charge in [-0.1, -0.05) is 6.92 Å². The SMILES string of the molecule is CCC(C(N)=O)n1c(C)nc2scc(-c3ccco3)c2c1=O. The van der Waals surface area contributed by atoms with Crippen molar-refractivity contribution in [3.63, 3.8) is 0 Å². The molecule has 0 fully saturated rings. The number of furan rings is 1. The van der Waals surface area contributed by atoms with Crippen LogP contribution in [0.2, 0.25) is 0 Å². The Bertz CT molecular complexity index is 893. The fourth-order valence-corrected chi connectivity index (χ4v) is 3.56. The molecule has 1 unspecified atom stereocenters. The number of rotatable bonds is 4. The summed E-state index contributed by atoms with van der Waals surface area (Å²) in [4.78, 5) is 29.6. The number of aromatic nitrogens is 2. The van der Waals surface area contributed by atoms with Gasteiger partial charge in [0.1, 0.15) is 22.5 Å². The van der Waals surface area contributed by atoms with E-state index >= 15 is 0 Å². The van der Waals surface area contributed by atoms with Gasteiger partial charge in [-0.2, -0.15) is 0 Å². The Kier molecular flexibility index (Phi) is 3.58. The average molecular weight is 317 g/mol. The Hall–Kier alpha value is -2.41. The summed E-state index contributed by atoms with van der Waals surface area (Å²) in [5, 5.41) is 2.30. The van der Waals surface area contributed by atoms with Gasteiger partial charge in [0.05, 0.1) is 11.6 Å². The molecule has 0 saturated heterocycles. The molecule has 1 amide bonds. The Morgan fingerprint density at radius 2 is 2.32 bits per heavy atom. The van der Waals surface area contributed by atoms with Crippen molar-refractivity contribution >= 4 is 27.5 Å². The largest absolute Gasteiger partial charge is 0.464 e. The molecule has 0 aliphatic carbocycles. The van der Waals surface area contributed by atoms with Gasteiger partial charge in [0.15, 0.2) is 0 Å². The van der Waals surface area contributed by atoms with Crippen LogP contribution in [0.3, 0.4) is 0 Å². The first kappa shape index (κ1) is 14.5. The second kappa shape index (κ2) is 5.42. The Morgan fingerprint density at radius 3 is 2.91 bits per heavy atom. The summed E-state index contributed by atoms with van der Waals surface area (Å²) in [6, 6.07) is 2.85. The van der Waals surface area contributed by atoms with Gasteiger partial charge in [-0.05, 0) is 25.5 Å². The van der Waals surface area contributed by atoms with Gasteiger partial charge in [-0.15, -0.1) is 11.3 Å². The third-order valence-corrected chi connectivity index (χ3v) is 4.50. The maximum atomic E-state index is 12.9. The van der Waals surface area contributed by atoms with Gasteiger partial charge >= 0.3 is 0 Å². The number of hydrogen-bond donors (Lipinski definition) is 1. The molecule has 22 heavy (non-hydrogen) atoms. The highest BCUT2D eigenvalue weighted by Crippen LogP contribution is 2.31. The molecule has 3 rings (SSSR count). The number of amides is 1. The minimum absolute atomic E-state index is 0.263. The van der Waals surface area contributed by atoms with E-state index in [1.54, 1.807) is 25.3 Å². The third kappa shape index (κ3) is 2.14. The first-order valence-electron chi connectivity index (χ1n) is 6.88. The van der Waals surface area contributed by atoms with E-state index in [9.17, 15) is 9.59 Å². The van der Waals surface area contributed by atoms with Crippen LogP contribution in [-0.4, -0.2) is 15.5 Å². The molecular weight excluding hydrogens is 302 g/mol. The van der Waals surface area contributed by atoms with Crippen molar-refractivity contribution < 1.29 is 9.21 Å². The Morgan fingerprint density at radius 1 is 1.55 bits per heavy atom. The van der Waals surface area contributed by atoms with Gasteiger partial charge in [-0.3, -0.25) is 14.2 Å². The highest BCUT2D eigenvalue weighted by molar-refractivity contribution is 7.17. The highest BCUT2D eigenvalue weighted by Gasteiger charge is 2.23. The number of fused-ring (bicyclic) bond motifs is 1. The summed E-state index contributed by atoms with van der Waals surface area (Å²) in [6.45, 7) is 3.52. The van der Waals surface area contributed by atoms with Gasteiger partial charge in [0, 0.05) is 10.9 Å². The molecule has 1 atom stereocenters. The van der Waals surface area contributed by atoms with Gasteiger partial charge in [0.2, 0.25) is 5.91 Å². The van der Waals surface area contributed by atoms with Crippen molar-refractivity contribution in [2.75, 3.05) is 0 Å². The number of nitrogens with zero attached hydrogens (tertiary/aromatic N) is 2. The molecule has 6 nitrogen and oxygen atoms in total. The van der Waals surface area contributed by atoms with Gasteiger partial charge in [0.25, 0.3) is 5.56 Å². The lowest BCUT2D eigenvalue weighted by Gasteiger charge is -2.17. The lowest BCUT2D eigenvalue weighted by Crippen LogP contribution is -2.35. The number of aryl methyl sites for hydroxylation is 1. The van der Waals surface area contributed by atoms with Crippen LogP contribution in [-0.2, 0) is 4.79 Å². The predicted octanol–water partition coefficient (Wildman–Crippen LogP) is 2.46. The monoisotopic (exact) mass is 317 g/mol. The number of hydrogen-bond acceptors (Lipinski definition) is 5. The van der Waals surface area contributed by atoms with E-state index in [2.05, 4.69) is 4.98 Å². The van der Waals surface area contributed by atoms with E-state index in [4.69, 9.17) is 10.2 Å². The summed E-state index contributed by atoms with van der Waals surface area (Å²) in [6.07, 6.45) is 1.99. The molecule has 0 radical (unpaired) electrons. The number of carbonyl (C=O) groups is 1. The van der Waals surface area contributed by atoms with Crippen LogP contribution in [0.5, 0.6) is 0 Å². The number of thiophene rings is 1. The van der Waals surface area contributed by atoms with Crippen molar-refractivity contribution in [2.24, 2.45) is 5.73 Å². The van der Waals surface area contributed by atoms with Crippen molar-refractivity contribution in [1.82, 2.24) is 9.55 Å². The maximum Gasteiger partial charge on any atom is 0.263 e. The molecule has 3 heterocycles. The van der Waals surface area contributed by atoms with E-state index in [0.29, 0.717) is 33.8 Å². The molecule has 0 aromatic carbocycles. The lowest BCUT2D eigenvalue weighted by molar-refractivity contribution is -0.121. The van der Waals surface area contributed by atoms with Crippen molar-refractivity contribution in [3.05, 3.63) is 40.0 Å². The molecule has 114 valence electrons. The van der Waals surface area contributed by atoms with Gasteiger partial charge < -0.3 is 10.2 Å². The zero-order valence-corrected chi connectivity index (χ0v) is 13.0. The second-order valence-corrected chi connectivity index (χ2v) is 5.83. The normalized spacial score (nSPS) is 12.6. The van der Waals surface area contributed by atoms with Crippen LogP contribution in [0.25, 0.3) is 21.5 Å². The molecule has 3 aromatic heterocycles. The van der Waals surface area contributed by atoms with E-state index in [-0.39, 0.29) is 5.56 Å². The van der Waals surface area contributed by atoms with Crippen molar-refractivity contribution in [1.29, 1.82) is 0 Å². The third-order valence-electron chi connectivity index (χ3n) is 3.63. The zero-order chi connectivity index (χ0) is 15.9. The smallest absolute Gasteiger partial charge is 0.263 e. The molecule has 0 saturated carbocycles. The van der Waals surface area contributed by atoms with Crippen molar-refractivity contribution in [3.8, 4) is 11.3 Å². The standard InChI is InChI=1S/C15H15N3O3S/c1-3-10(13(16)19)18-8(2)17-14-12(15(18)20)9(7-22-14)11-5-4-6-21-11/h4-7,10H,3H2,1-2H3,(H2,16,19). The number of primary amides is 1. The van der Waals surface area contributed by atoms with E-state index < -0.39 is 11.9 Å². The van der Waals surface area contributed by atoms with E-state index in [0.717, 1.165) is 0 Å². The van der Waals surface area contributed by atoms with Crippen LogP contribution >= 0.6 is 11.3 Å². The van der Waals surface area contributed by atoms with Crippen molar-refractivity contribution in [2.45, 2.75) is 26.3 Å². The molecule has 7 heteroatoms. The molecule has 0 aliphatic rings. The van der Waals surface area contributed by atoms with Crippen LogP contribution in [0.4, 0.5) is 0 Å². The fourth-order valence-electron chi connectivity index (χ4n) is 2.60. The van der Waals surface area contributed by atoms with Gasteiger partial charge in [-0.25, -0.2) is 4.98 Å². The zero-order valence-electron chi connectivity index (χ0n) is 12.2. The highest BCUT2D eigenvalue weighted by atomic mass is 32.1. The summed E-state index contributed by atoms with van der Waals surface area (Å²) in [5.41, 5.74) is 5.85. The van der Waals surface area contributed by atoms with Crippen LogP contribution in [0, 0.1) is 6.92 Å². The Balaban J connectivity index is 2.34. The fraction of sp³-hybridized carbons (Fsp3) is 0.267. The van der Waals surface area contributed by atoms with E-state index in [1.807, 2.05) is 12.3 Å². The van der Waals surface area contributed by atoms with Crippen LogP contribution in [0.15, 0.2) is 33.0 Å². The second-order valence-electron chi connectivity index (χ2n) is 4.97. The summed E-state index contributed by atoms with van der Waals surface area (Å²) >= 11 is 1.38. The molecule has 0 aliphatic heterocycles. The molecule has 0 bridgehead atoms. The minimum atomic E-state index is -0.700. The van der Waals surface area contributed by atoms with Crippen LogP contribution < -0.4 is 11.3 Å². The first-order chi connectivity index (χ1) is 10.5. The summed E-state index contributed by atoms with van der Waals surface area (Å²) in [5.74, 6) is 0.548. The van der Waals surface area contributed by atoms with Crippen LogP contribution in [0.1, 0.15) is 25.2 Å². The topological polar surface area (TPSA) is 91.1 Å². The summed E-state index contributed by atoms with van der Waals surface area (Å²) < 4.78 is 6.76. The maximum absolute atomic E-state index is 12.9. The Labute approximate surface area is 130 Å². The summed E-state index contributed by atoms with van der Waals surface area (Å²) in [7, 11) is 0. The molecule has 0 spiro atoms. The lowest BCUT2D eigenvalue weighted by atomic mass is 10.1.